The van der Waals surface area contributed by atoms with Gasteiger partial charge in [0.15, 0.2) is 0 Å². The minimum Gasteiger partial charge on any atom is -0.391 e. The summed E-state index contributed by atoms with van der Waals surface area (Å²) in [5.74, 6) is 0. The van der Waals surface area contributed by atoms with Gasteiger partial charge < -0.3 is 5.11 Å². The van der Waals surface area contributed by atoms with Gasteiger partial charge in [0.1, 0.15) is 0 Å². The van der Waals surface area contributed by atoms with E-state index in [1.165, 1.54) is 64.2 Å². The van der Waals surface area contributed by atoms with E-state index in [9.17, 15) is 5.11 Å². The van der Waals surface area contributed by atoms with Crippen molar-refractivity contribution in [2.24, 2.45) is 0 Å². The molecule has 0 radical (unpaired) electrons. The Morgan fingerprint density at radius 1 is 0.900 bits per heavy atom. The lowest BCUT2D eigenvalue weighted by molar-refractivity contribution is -0.0301. The lowest BCUT2D eigenvalue weighted by Gasteiger charge is -2.44. The summed E-state index contributed by atoms with van der Waals surface area (Å²) in [5, 5.41) is 10.8. The Morgan fingerprint density at radius 2 is 1.45 bits per heavy atom. The second-order valence-electron chi connectivity index (χ2n) is 6.56. The number of likely N-dealkylation sites (N-methyl/N-ethyl adjacent to an activating group) is 1. The summed E-state index contributed by atoms with van der Waals surface area (Å²) in [6, 6.07) is 0. The minimum absolute atomic E-state index is 0.104. The van der Waals surface area contributed by atoms with E-state index in [1.807, 2.05) is 0 Å². The third-order valence-corrected chi connectivity index (χ3v) is 5.31. The van der Waals surface area contributed by atoms with Crippen LogP contribution in [0.5, 0.6) is 0 Å². The van der Waals surface area contributed by atoms with Gasteiger partial charge in [-0.2, -0.15) is 0 Å². The number of hydrogen-bond donors (Lipinski definition) is 1. The lowest BCUT2D eigenvalue weighted by atomic mass is 9.85. The lowest BCUT2D eigenvalue weighted by Crippen LogP contribution is -2.54. The molecular weight excluding hydrogens is 246 g/mol. The third kappa shape index (κ3) is 4.73. The van der Waals surface area contributed by atoms with Crippen molar-refractivity contribution in [1.29, 1.82) is 0 Å². The van der Waals surface area contributed by atoms with Gasteiger partial charge in [0.2, 0.25) is 0 Å². The first-order valence-electron chi connectivity index (χ1n) is 9.14. The number of aliphatic hydroxyl groups is 1. The van der Waals surface area contributed by atoms with E-state index >= 15 is 0 Å². The Bertz CT molecular complexity index is 232. The van der Waals surface area contributed by atoms with Crippen molar-refractivity contribution in [2.45, 2.75) is 103 Å². The van der Waals surface area contributed by atoms with Crippen molar-refractivity contribution >= 4 is 0 Å². The Labute approximate surface area is 126 Å². The van der Waals surface area contributed by atoms with Gasteiger partial charge in [0.25, 0.3) is 0 Å². The van der Waals surface area contributed by atoms with Crippen LogP contribution in [0.1, 0.15) is 91.4 Å². The van der Waals surface area contributed by atoms with Crippen LogP contribution in [0.4, 0.5) is 0 Å². The van der Waals surface area contributed by atoms with Gasteiger partial charge in [-0.15, -0.1) is 0 Å². The van der Waals surface area contributed by atoms with Crippen molar-refractivity contribution in [3.8, 4) is 0 Å². The molecule has 0 aliphatic heterocycles. The van der Waals surface area contributed by atoms with Crippen LogP contribution >= 0.6 is 0 Å². The summed E-state index contributed by atoms with van der Waals surface area (Å²) in [6.45, 7) is 8.88. The van der Waals surface area contributed by atoms with E-state index in [4.69, 9.17) is 0 Å². The van der Waals surface area contributed by atoms with Gasteiger partial charge in [-0.25, -0.2) is 0 Å². The maximum atomic E-state index is 10.8. The maximum absolute atomic E-state index is 10.8. The average molecular weight is 284 g/mol. The summed E-state index contributed by atoms with van der Waals surface area (Å²) >= 11 is 0. The summed E-state index contributed by atoms with van der Waals surface area (Å²) in [5.41, 5.74) is 0.104. The molecule has 0 aromatic carbocycles. The van der Waals surface area contributed by atoms with Gasteiger partial charge in [-0.05, 0) is 32.4 Å². The molecule has 1 aliphatic carbocycles. The molecule has 2 nitrogen and oxygen atoms in total. The fourth-order valence-corrected chi connectivity index (χ4v) is 4.09. The van der Waals surface area contributed by atoms with E-state index < -0.39 is 0 Å². The number of unbranched alkanes of at least 4 members (excludes halogenated alkanes) is 5. The molecule has 0 amide bonds. The smallest absolute Gasteiger partial charge is 0.0723 e. The van der Waals surface area contributed by atoms with Crippen LogP contribution in [0.25, 0.3) is 0 Å². The van der Waals surface area contributed by atoms with Crippen molar-refractivity contribution in [3.63, 3.8) is 0 Å². The highest BCUT2D eigenvalue weighted by molar-refractivity contribution is 4.99. The molecule has 1 N–H and O–H groups in total. The predicted molar refractivity (Wildman–Crippen MR) is 88.1 cm³/mol. The Kier molecular flexibility index (Phi) is 8.79. The maximum Gasteiger partial charge on any atom is 0.0723 e. The molecule has 1 saturated carbocycles. The second kappa shape index (κ2) is 9.78. The van der Waals surface area contributed by atoms with Gasteiger partial charge in [-0.3, -0.25) is 4.90 Å². The molecule has 120 valence electrons. The molecule has 1 rings (SSSR count). The topological polar surface area (TPSA) is 23.5 Å². The standard InChI is InChI=1S/C18H37NO/c1-4-7-8-9-10-11-14-17(20)18(15-12-13-16-18)19(5-2)6-3/h17,20H,4-16H2,1-3H3. The molecule has 0 aromatic heterocycles. The fraction of sp³-hybridized carbons (Fsp3) is 1.00. The Morgan fingerprint density at radius 3 is 2.00 bits per heavy atom. The quantitative estimate of drug-likeness (QED) is 0.553. The van der Waals surface area contributed by atoms with E-state index in [0.29, 0.717) is 0 Å². The Balaban J connectivity index is 2.39. The normalized spacial score (nSPS) is 19.6. The number of hydrogen-bond acceptors (Lipinski definition) is 2. The monoisotopic (exact) mass is 283 g/mol. The first-order chi connectivity index (χ1) is 9.71. The third-order valence-electron chi connectivity index (χ3n) is 5.31. The average Bonchev–Trinajstić information content (AvgIpc) is 2.94. The minimum atomic E-state index is -0.115. The molecule has 0 spiro atoms. The van der Waals surface area contributed by atoms with Crippen molar-refractivity contribution in [3.05, 3.63) is 0 Å². The van der Waals surface area contributed by atoms with Crippen LogP contribution in [0.2, 0.25) is 0 Å². The summed E-state index contributed by atoms with van der Waals surface area (Å²) in [7, 11) is 0. The van der Waals surface area contributed by atoms with Crippen molar-refractivity contribution < 1.29 is 5.11 Å². The van der Waals surface area contributed by atoms with Gasteiger partial charge in [0, 0.05) is 5.54 Å². The molecule has 0 bridgehead atoms. The molecule has 0 saturated heterocycles. The van der Waals surface area contributed by atoms with E-state index in [2.05, 4.69) is 25.7 Å². The molecule has 1 fully saturated rings. The molecule has 1 aliphatic rings. The van der Waals surface area contributed by atoms with E-state index in [-0.39, 0.29) is 11.6 Å². The highest BCUT2D eigenvalue weighted by Gasteiger charge is 2.43. The highest BCUT2D eigenvalue weighted by atomic mass is 16.3. The zero-order valence-electron chi connectivity index (χ0n) is 14.2. The van der Waals surface area contributed by atoms with Crippen LogP contribution in [0, 0.1) is 0 Å². The van der Waals surface area contributed by atoms with Gasteiger partial charge in [0.05, 0.1) is 6.10 Å². The van der Waals surface area contributed by atoms with Crippen LogP contribution < -0.4 is 0 Å². The van der Waals surface area contributed by atoms with Crippen LogP contribution in [0.15, 0.2) is 0 Å². The zero-order valence-corrected chi connectivity index (χ0v) is 14.2. The number of rotatable bonds is 11. The van der Waals surface area contributed by atoms with E-state index in [0.717, 1.165) is 19.5 Å². The highest BCUT2D eigenvalue weighted by Crippen LogP contribution is 2.39. The zero-order chi connectivity index (χ0) is 14.8. The predicted octanol–water partition coefficient (Wildman–Crippen LogP) is 4.75. The second-order valence-corrected chi connectivity index (χ2v) is 6.56. The molecular formula is C18H37NO. The Hall–Kier alpha value is -0.0800. The summed E-state index contributed by atoms with van der Waals surface area (Å²) < 4.78 is 0. The van der Waals surface area contributed by atoms with Crippen molar-refractivity contribution in [1.82, 2.24) is 4.90 Å². The van der Waals surface area contributed by atoms with Crippen molar-refractivity contribution in [2.75, 3.05) is 13.1 Å². The van der Waals surface area contributed by atoms with Crippen LogP contribution in [-0.2, 0) is 0 Å². The molecule has 0 aromatic rings. The first kappa shape index (κ1) is 18.0. The summed E-state index contributed by atoms with van der Waals surface area (Å²) in [4.78, 5) is 2.53. The number of nitrogens with zero attached hydrogens (tertiary/aromatic N) is 1. The van der Waals surface area contributed by atoms with Gasteiger partial charge >= 0.3 is 0 Å². The largest absolute Gasteiger partial charge is 0.391 e. The fourth-order valence-electron chi connectivity index (χ4n) is 4.09. The molecule has 20 heavy (non-hydrogen) atoms. The molecule has 2 heteroatoms. The molecule has 1 atom stereocenters. The number of aliphatic hydroxyl groups excluding tert-OH is 1. The SMILES string of the molecule is CCCCCCCCC(O)C1(N(CC)CC)CCCC1. The first-order valence-corrected chi connectivity index (χ1v) is 9.14. The van der Waals surface area contributed by atoms with Crippen LogP contribution in [0.3, 0.4) is 0 Å². The van der Waals surface area contributed by atoms with E-state index in [1.54, 1.807) is 0 Å². The molecule has 0 heterocycles. The summed E-state index contributed by atoms with van der Waals surface area (Å²) in [6.07, 6.45) is 13.8. The van der Waals surface area contributed by atoms with Crippen LogP contribution in [-0.4, -0.2) is 34.7 Å². The van der Waals surface area contributed by atoms with Gasteiger partial charge in [-0.1, -0.05) is 72.1 Å². The molecule has 1 unspecified atom stereocenters.